The van der Waals surface area contributed by atoms with Crippen LogP contribution in [0.15, 0.2) is 34.1 Å². The molecule has 0 fully saturated rings. The zero-order chi connectivity index (χ0) is 13.1. The van der Waals surface area contributed by atoms with E-state index in [2.05, 4.69) is 37.6 Å². The van der Waals surface area contributed by atoms with Crippen molar-refractivity contribution in [2.45, 2.75) is 6.54 Å². The Hall–Kier alpha value is -0.710. The van der Waals surface area contributed by atoms with Crippen LogP contribution in [0, 0.1) is 0 Å². The lowest BCUT2D eigenvalue weighted by Crippen LogP contribution is -2.11. The summed E-state index contributed by atoms with van der Waals surface area (Å²) in [6.07, 6.45) is 0. The Kier molecular flexibility index (Phi) is 4.54. The number of nitrogens with one attached hydrogen (secondary N) is 1. The van der Waals surface area contributed by atoms with Crippen LogP contribution in [0.5, 0.6) is 0 Å². The van der Waals surface area contributed by atoms with Crippen LogP contribution < -0.4 is 10.2 Å². The monoisotopic (exact) mass is 344 g/mol. The van der Waals surface area contributed by atoms with E-state index in [1.54, 1.807) is 11.3 Å². The van der Waals surface area contributed by atoms with Crippen LogP contribution in [-0.2, 0) is 6.54 Å². The van der Waals surface area contributed by atoms with Crippen LogP contribution in [0.2, 0.25) is 5.02 Å². The van der Waals surface area contributed by atoms with E-state index in [0.717, 1.165) is 27.4 Å². The van der Waals surface area contributed by atoms with Crippen molar-refractivity contribution in [3.8, 4) is 0 Å². The maximum Gasteiger partial charge on any atom is 0.0597 e. The zero-order valence-electron chi connectivity index (χ0n) is 10.2. The van der Waals surface area contributed by atoms with Gasteiger partial charge in [-0.15, -0.1) is 11.3 Å². The van der Waals surface area contributed by atoms with Crippen molar-refractivity contribution in [3.05, 3.63) is 44.0 Å². The third kappa shape index (κ3) is 3.40. The van der Waals surface area contributed by atoms with E-state index < -0.39 is 0 Å². The maximum absolute atomic E-state index is 6.04. The number of rotatable bonds is 4. The van der Waals surface area contributed by atoms with Gasteiger partial charge in [-0.25, -0.2) is 0 Å². The number of thiophene rings is 1. The highest BCUT2D eigenvalue weighted by atomic mass is 79.9. The number of hydrogen-bond acceptors (Lipinski definition) is 3. The lowest BCUT2D eigenvalue weighted by atomic mass is 10.2. The molecule has 0 radical (unpaired) electrons. The van der Waals surface area contributed by atoms with Gasteiger partial charge < -0.3 is 10.2 Å². The second-order valence-electron chi connectivity index (χ2n) is 4.14. The molecule has 0 atom stereocenters. The zero-order valence-corrected chi connectivity index (χ0v) is 13.4. The SMILES string of the molecule is CN(C)c1ccc(Cl)cc1NCc1cc(Br)cs1. The van der Waals surface area contributed by atoms with Gasteiger partial charge in [0.15, 0.2) is 0 Å². The number of benzene rings is 1. The lowest BCUT2D eigenvalue weighted by molar-refractivity contribution is 1.11. The fourth-order valence-electron chi connectivity index (χ4n) is 1.67. The van der Waals surface area contributed by atoms with E-state index >= 15 is 0 Å². The summed E-state index contributed by atoms with van der Waals surface area (Å²) in [5.41, 5.74) is 2.19. The summed E-state index contributed by atoms with van der Waals surface area (Å²) in [6.45, 7) is 0.803. The third-order valence-corrected chi connectivity index (χ3v) is 4.45. The van der Waals surface area contributed by atoms with Gasteiger partial charge in [-0.1, -0.05) is 11.6 Å². The Balaban J connectivity index is 2.15. The predicted molar refractivity (Wildman–Crippen MR) is 85.1 cm³/mol. The summed E-state index contributed by atoms with van der Waals surface area (Å²) in [7, 11) is 4.05. The molecule has 1 heterocycles. The van der Waals surface area contributed by atoms with Gasteiger partial charge in [-0.05, 0) is 40.2 Å². The molecule has 2 nitrogen and oxygen atoms in total. The molecule has 0 amide bonds. The highest BCUT2D eigenvalue weighted by Crippen LogP contribution is 2.29. The molecule has 0 aliphatic rings. The van der Waals surface area contributed by atoms with E-state index in [1.165, 1.54) is 4.88 Å². The molecule has 0 unspecified atom stereocenters. The normalized spacial score (nSPS) is 10.4. The summed E-state index contributed by atoms with van der Waals surface area (Å²) in [6, 6.07) is 8.01. The molecular formula is C13H14BrClN2S. The molecular weight excluding hydrogens is 332 g/mol. The Labute approximate surface area is 125 Å². The van der Waals surface area contributed by atoms with Gasteiger partial charge >= 0.3 is 0 Å². The average molecular weight is 346 g/mol. The first-order chi connectivity index (χ1) is 8.56. The second-order valence-corrected chi connectivity index (χ2v) is 6.49. The van der Waals surface area contributed by atoms with E-state index in [4.69, 9.17) is 11.6 Å². The molecule has 96 valence electrons. The van der Waals surface area contributed by atoms with Crippen LogP contribution in [0.25, 0.3) is 0 Å². The van der Waals surface area contributed by atoms with Crippen LogP contribution in [0.4, 0.5) is 11.4 Å². The molecule has 0 bridgehead atoms. The maximum atomic E-state index is 6.04. The molecule has 1 N–H and O–H groups in total. The van der Waals surface area contributed by atoms with Crippen LogP contribution >= 0.6 is 38.9 Å². The number of halogens is 2. The van der Waals surface area contributed by atoms with E-state index in [1.807, 2.05) is 32.3 Å². The Bertz CT molecular complexity index is 540. The van der Waals surface area contributed by atoms with Crippen molar-refractivity contribution in [2.24, 2.45) is 0 Å². The largest absolute Gasteiger partial charge is 0.378 e. The quantitative estimate of drug-likeness (QED) is 0.852. The standard InChI is InChI=1S/C13H14BrClN2S/c1-17(2)13-4-3-10(15)6-12(13)16-7-11-5-9(14)8-18-11/h3-6,8,16H,7H2,1-2H3. The first-order valence-corrected chi connectivity index (χ1v) is 7.55. The van der Waals surface area contributed by atoms with Crippen LogP contribution in [-0.4, -0.2) is 14.1 Å². The van der Waals surface area contributed by atoms with Gasteiger partial charge in [0.25, 0.3) is 0 Å². The number of hydrogen-bond donors (Lipinski definition) is 1. The first-order valence-electron chi connectivity index (χ1n) is 5.50. The molecule has 2 rings (SSSR count). The van der Waals surface area contributed by atoms with E-state index in [0.29, 0.717) is 0 Å². The minimum Gasteiger partial charge on any atom is -0.378 e. The van der Waals surface area contributed by atoms with Crippen molar-refractivity contribution >= 4 is 50.2 Å². The summed E-state index contributed by atoms with van der Waals surface area (Å²) >= 11 is 11.2. The molecule has 0 saturated carbocycles. The molecule has 5 heteroatoms. The van der Waals surface area contributed by atoms with Crippen molar-refractivity contribution in [1.29, 1.82) is 0 Å². The molecule has 18 heavy (non-hydrogen) atoms. The Morgan fingerprint density at radius 2 is 2.11 bits per heavy atom. The average Bonchev–Trinajstić information content (AvgIpc) is 2.72. The molecule has 0 spiro atoms. The lowest BCUT2D eigenvalue weighted by Gasteiger charge is -2.18. The number of anilines is 2. The predicted octanol–water partition coefficient (Wildman–Crippen LogP) is 4.84. The van der Waals surface area contributed by atoms with Crippen LogP contribution in [0.1, 0.15) is 4.88 Å². The van der Waals surface area contributed by atoms with Gasteiger partial charge in [0, 0.05) is 40.4 Å². The van der Waals surface area contributed by atoms with Gasteiger partial charge in [0.2, 0.25) is 0 Å². The fraction of sp³-hybridized carbons (Fsp3) is 0.231. The highest BCUT2D eigenvalue weighted by molar-refractivity contribution is 9.10. The second kappa shape index (κ2) is 5.95. The van der Waals surface area contributed by atoms with Gasteiger partial charge in [0.1, 0.15) is 0 Å². The third-order valence-electron chi connectivity index (χ3n) is 2.52. The van der Waals surface area contributed by atoms with Crippen molar-refractivity contribution in [3.63, 3.8) is 0 Å². The molecule has 0 aliphatic heterocycles. The van der Waals surface area contributed by atoms with Crippen molar-refractivity contribution in [2.75, 3.05) is 24.3 Å². The Morgan fingerprint density at radius 3 is 2.72 bits per heavy atom. The van der Waals surface area contributed by atoms with Crippen molar-refractivity contribution in [1.82, 2.24) is 0 Å². The number of nitrogens with zero attached hydrogens (tertiary/aromatic N) is 1. The smallest absolute Gasteiger partial charge is 0.0597 e. The molecule has 0 aliphatic carbocycles. The van der Waals surface area contributed by atoms with Crippen LogP contribution in [0.3, 0.4) is 0 Å². The van der Waals surface area contributed by atoms with Gasteiger partial charge in [-0.2, -0.15) is 0 Å². The molecule has 1 aromatic carbocycles. The Morgan fingerprint density at radius 1 is 1.33 bits per heavy atom. The summed E-state index contributed by atoms with van der Waals surface area (Å²) in [5.74, 6) is 0. The first kappa shape index (κ1) is 13.7. The van der Waals surface area contributed by atoms with Gasteiger partial charge in [-0.3, -0.25) is 0 Å². The van der Waals surface area contributed by atoms with E-state index in [9.17, 15) is 0 Å². The molecule has 2 aromatic rings. The summed E-state index contributed by atoms with van der Waals surface area (Å²) in [4.78, 5) is 3.36. The van der Waals surface area contributed by atoms with E-state index in [-0.39, 0.29) is 0 Å². The highest BCUT2D eigenvalue weighted by Gasteiger charge is 2.06. The molecule has 0 saturated heterocycles. The van der Waals surface area contributed by atoms with Crippen molar-refractivity contribution < 1.29 is 0 Å². The minimum atomic E-state index is 0.746. The summed E-state index contributed by atoms with van der Waals surface area (Å²) in [5, 5.41) is 6.26. The van der Waals surface area contributed by atoms with Gasteiger partial charge in [0.05, 0.1) is 11.4 Å². The molecule has 1 aromatic heterocycles. The summed E-state index contributed by atoms with van der Waals surface area (Å²) < 4.78 is 1.13. The topological polar surface area (TPSA) is 15.3 Å². The fourth-order valence-corrected chi connectivity index (χ4v) is 3.23. The minimum absolute atomic E-state index is 0.746.